The smallest absolute Gasteiger partial charge is 0.413 e. The quantitative estimate of drug-likeness (QED) is 0.370. The Morgan fingerprint density at radius 2 is 1.71 bits per heavy atom. The molecule has 5 rings (SSSR count). The molecule has 2 amide bonds. The second kappa shape index (κ2) is 9.03. The second-order valence-electron chi connectivity index (χ2n) is 7.78. The Morgan fingerprint density at radius 1 is 1.06 bits per heavy atom. The molecule has 0 unspecified atom stereocenters. The molecule has 2 aromatic carbocycles. The molecule has 0 spiro atoms. The highest BCUT2D eigenvalue weighted by Gasteiger charge is 2.29. The number of fused-ring (bicyclic) bond motifs is 3. The maximum absolute atomic E-state index is 12.5. The fraction of sp³-hybridized carbons (Fsp3) is 0.125. The van der Waals surface area contributed by atoms with E-state index < -0.39 is 18.0 Å². The number of benzene rings is 2. The van der Waals surface area contributed by atoms with E-state index in [0.717, 1.165) is 39.8 Å². The van der Waals surface area contributed by atoms with Crippen molar-refractivity contribution in [2.75, 3.05) is 17.2 Å². The van der Waals surface area contributed by atoms with E-state index in [4.69, 9.17) is 4.74 Å². The van der Waals surface area contributed by atoms with Crippen LogP contribution >= 0.6 is 11.3 Å². The molecule has 1 aliphatic rings. The number of carboxylic acids is 1. The van der Waals surface area contributed by atoms with Crippen molar-refractivity contribution in [2.45, 2.75) is 5.92 Å². The number of nitrogens with one attached hydrogen (secondary N) is 2. The van der Waals surface area contributed by atoms with Crippen LogP contribution in [0.4, 0.5) is 15.7 Å². The highest BCUT2D eigenvalue weighted by molar-refractivity contribution is 7.14. The first-order valence-electron chi connectivity index (χ1n) is 10.6. The van der Waals surface area contributed by atoms with E-state index in [1.807, 2.05) is 36.4 Å². The molecule has 2 heterocycles. The van der Waals surface area contributed by atoms with Crippen LogP contribution in [-0.4, -0.2) is 44.4 Å². The number of aromatic nitrogens is 3. The first kappa shape index (κ1) is 22.3. The summed E-state index contributed by atoms with van der Waals surface area (Å²) < 4.78 is 6.74. The number of thiazole rings is 1. The van der Waals surface area contributed by atoms with Crippen molar-refractivity contribution in [3.8, 4) is 11.1 Å². The lowest BCUT2D eigenvalue weighted by molar-refractivity contribution is 0.0698. The van der Waals surface area contributed by atoms with Crippen molar-refractivity contribution in [1.82, 2.24) is 14.8 Å². The van der Waals surface area contributed by atoms with Crippen molar-refractivity contribution >= 4 is 40.3 Å². The van der Waals surface area contributed by atoms with E-state index in [-0.39, 0.29) is 34.7 Å². The molecule has 0 radical (unpaired) electrons. The van der Waals surface area contributed by atoms with Gasteiger partial charge in [-0.3, -0.25) is 14.8 Å². The van der Waals surface area contributed by atoms with Crippen molar-refractivity contribution < 1.29 is 24.2 Å². The van der Waals surface area contributed by atoms with Gasteiger partial charge in [-0.15, -0.1) is 11.3 Å². The zero-order chi connectivity index (χ0) is 24.5. The third kappa shape index (κ3) is 4.24. The van der Waals surface area contributed by atoms with Crippen LogP contribution < -0.4 is 10.6 Å². The standard InChI is InChI=1S/C24H19N5O5S/c1-29-20(17(10-25-29)22(31)32)27-21(30)19-12-35-23(26-19)28-24(33)34-11-18-15-8-4-2-6-13(15)14-7-3-5-9-16(14)18/h2-10,12,18H,11H2,1H3,(H,27,30)(H,31,32)(H,26,28,33). The van der Waals surface area contributed by atoms with Crippen molar-refractivity contribution in [3.63, 3.8) is 0 Å². The third-order valence-electron chi connectivity index (χ3n) is 5.69. The Kier molecular flexibility index (Phi) is 5.75. The minimum absolute atomic E-state index is 0.0153. The Balaban J connectivity index is 1.22. The molecule has 1 aliphatic carbocycles. The monoisotopic (exact) mass is 489 g/mol. The molecule has 0 saturated heterocycles. The summed E-state index contributed by atoms with van der Waals surface area (Å²) in [6.07, 6.45) is 0.455. The second-order valence-corrected chi connectivity index (χ2v) is 8.64. The van der Waals surface area contributed by atoms with E-state index in [2.05, 4.69) is 32.8 Å². The van der Waals surface area contributed by atoms with Gasteiger partial charge in [-0.2, -0.15) is 5.10 Å². The number of anilines is 2. The van der Waals surface area contributed by atoms with Crippen LogP contribution in [0.1, 0.15) is 37.9 Å². The first-order valence-corrected chi connectivity index (χ1v) is 11.4. The summed E-state index contributed by atoms with van der Waals surface area (Å²) in [4.78, 5) is 40.4. The van der Waals surface area contributed by atoms with Crippen LogP contribution in [0.25, 0.3) is 11.1 Å². The average molecular weight is 490 g/mol. The van der Waals surface area contributed by atoms with E-state index in [1.165, 1.54) is 17.1 Å². The molecular formula is C24H19N5O5S. The number of carbonyl (C=O) groups is 3. The van der Waals surface area contributed by atoms with Gasteiger partial charge in [-0.25, -0.2) is 14.6 Å². The van der Waals surface area contributed by atoms with Gasteiger partial charge in [-0.1, -0.05) is 48.5 Å². The van der Waals surface area contributed by atoms with Crippen LogP contribution in [0, 0.1) is 0 Å². The first-order chi connectivity index (χ1) is 16.9. The lowest BCUT2D eigenvalue weighted by Gasteiger charge is -2.14. The number of aryl methyl sites for hydroxylation is 1. The SMILES string of the molecule is Cn1ncc(C(=O)O)c1NC(=O)c1csc(NC(=O)OCC2c3ccccc3-c3ccccc32)n1. The zero-order valence-electron chi connectivity index (χ0n) is 18.4. The van der Waals surface area contributed by atoms with Crippen molar-refractivity contribution in [2.24, 2.45) is 7.05 Å². The molecule has 176 valence electrons. The largest absolute Gasteiger partial charge is 0.477 e. The molecule has 3 N–H and O–H groups in total. The number of carbonyl (C=O) groups excluding carboxylic acids is 2. The fourth-order valence-electron chi connectivity index (χ4n) is 4.07. The fourth-order valence-corrected chi connectivity index (χ4v) is 4.75. The van der Waals surface area contributed by atoms with Crippen LogP contribution in [0.5, 0.6) is 0 Å². The van der Waals surface area contributed by atoms with Gasteiger partial charge >= 0.3 is 12.1 Å². The Labute approximate surface area is 203 Å². The van der Waals surface area contributed by atoms with E-state index >= 15 is 0 Å². The van der Waals surface area contributed by atoms with E-state index in [9.17, 15) is 19.5 Å². The summed E-state index contributed by atoms with van der Waals surface area (Å²) in [5.41, 5.74) is 4.34. The van der Waals surface area contributed by atoms with E-state index in [0.29, 0.717) is 0 Å². The molecular weight excluding hydrogens is 470 g/mol. The molecule has 10 nitrogen and oxygen atoms in total. The van der Waals surface area contributed by atoms with Gasteiger partial charge in [0.25, 0.3) is 5.91 Å². The van der Waals surface area contributed by atoms with Gasteiger partial charge < -0.3 is 15.2 Å². The lowest BCUT2D eigenvalue weighted by Crippen LogP contribution is -2.19. The molecule has 2 aromatic heterocycles. The van der Waals surface area contributed by atoms with Crippen molar-refractivity contribution in [3.05, 3.63) is 82.5 Å². The number of rotatable bonds is 6. The molecule has 35 heavy (non-hydrogen) atoms. The maximum atomic E-state index is 12.5. The number of carboxylic acid groups (broad SMARTS) is 1. The summed E-state index contributed by atoms with van der Waals surface area (Å²) in [6, 6.07) is 16.1. The number of nitrogens with zero attached hydrogens (tertiary/aromatic N) is 3. The van der Waals surface area contributed by atoms with Gasteiger partial charge in [0.15, 0.2) is 5.13 Å². The van der Waals surface area contributed by atoms with Crippen molar-refractivity contribution in [1.29, 1.82) is 0 Å². The summed E-state index contributed by atoms with van der Waals surface area (Å²) in [6.45, 7) is 0.150. The number of aromatic carboxylic acids is 1. The summed E-state index contributed by atoms with van der Waals surface area (Å²) in [5, 5.41) is 19.7. The molecule has 0 fully saturated rings. The highest BCUT2D eigenvalue weighted by Crippen LogP contribution is 2.44. The van der Waals surface area contributed by atoms with Crippen LogP contribution in [0.2, 0.25) is 0 Å². The van der Waals surface area contributed by atoms with Crippen LogP contribution in [-0.2, 0) is 11.8 Å². The van der Waals surface area contributed by atoms with Gasteiger partial charge in [0, 0.05) is 18.3 Å². The van der Waals surface area contributed by atoms with Crippen LogP contribution in [0.3, 0.4) is 0 Å². The van der Waals surface area contributed by atoms with Gasteiger partial charge in [-0.05, 0) is 22.3 Å². The molecule has 0 aliphatic heterocycles. The summed E-state index contributed by atoms with van der Waals surface area (Å²) in [5.74, 6) is -1.90. The van der Waals surface area contributed by atoms with Crippen LogP contribution in [0.15, 0.2) is 60.1 Å². The predicted molar refractivity (Wildman–Crippen MR) is 129 cm³/mol. The van der Waals surface area contributed by atoms with Gasteiger partial charge in [0.1, 0.15) is 23.7 Å². The maximum Gasteiger partial charge on any atom is 0.413 e. The highest BCUT2D eigenvalue weighted by atomic mass is 32.1. The summed E-state index contributed by atoms with van der Waals surface area (Å²) in [7, 11) is 1.51. The Bertz CT molecular complexity index is 1410. The average Bonchev–Trinajstić information content (AvgIpc) is 3.54. The Hall–Kier alpha value is -4.51. The molecule has 4 aromatic rings. The molecule has 0 atom stereocenters. The summed E-state index contributed by atoms with van der Waals surface area (Å²) >= 11 is 1.05. The normalized spacial score (nSPS) is 12.0. The number of ether oxygens (including phenoxy) is 1. The third-order valence-corrected chi connectivity index (χ3v) is 6.45. The Morgan fingerprint density at radius 3 is 2.37 bits per heavy atom. The topological polar surface area (TPSA) is 135 Å². The zero-order valence-corrected chi connectivity index (χ0v) is 19.2. The van der Waals surface area contributed by atoms with Gasteiger partial charge in [0.05, 0.1) is 6.20 Å². The molecule has 0 bridgehead atoms. The molecule has 11 heteroatoms. The lowest BCUT2D eigenvalue weighted by atomic mass is 9.98. The molecule has 0 saturated carbocycles. The number of amides is 2. The minimum atomic E-state index is -1.22. The minimum Gasteiger partial charge on any atom is -0.477 e. The predicted octanol–water partition coefficient (Wildman–Crippen LogP) is 4.19. The number of hydrogen-bond donors (Lipinski definition) is 3. The number of hydrogen-bond acceptors (Lipinski definition) is 7. The van der Waals surface area contributed by atoms with Gasteiger partial charge in [0.2, 0.25) is 0 Å². The van der Waals surface area contributed by atoms with E-state index in [1.54, 1.807) is 0 Å².